The van der Waals surface area contributed by atoms with Gasteiger partial charge in [-0.3, -0.25) is 0 Å². The fourth-order valence-corrected chi connectivity index (χ4v) is 3.48. The highest BCUT2D eigenvalue weighted by atomic mass is 16.5. The molecule has 0 N–H and O–H groups in total. The van der Waals surface area contributed by atoms with Gasteiger partial charge in [0.1, 0.15) is 6.10 Å². The van der Waals surface area contributed by atoms with Crippen molar-refractivity contribution in [1.82, 2.24) is 0 Å². The smallest absolute Gasteiger partial charge is 0.338 e. The molecular formula is C23H32O2. The standard InChI is InChI=1S/C23H32O2/c1-7-20(25-21(24)18-11-9-8-10-12-18)22(3,4)16-15-19-14-13-17(2)23(19,5)6/h8-13,15-16,19-20H,7,14H2,1-6H3. The zero-order valence-electron chi connectivity index (χ0n) is 16.5. The second-order valence-electron chi connectivity index (χ2n) is 8.30. The summed E-state index contributed by atoms with van der Waals surface area (Å²) in [5.41, 5.74) is 2.07. The maximum Gasteiger partial charge on any atom is 0.338 e. The van der Waals surface area contributed by atoms with E-state index in [1.54, 1.807) is 12.1 Å². The van der Waals surface area contributed by atoms with Crippen LogP contribution in [0.3, 0.4) is 0 Å². The van der Waals surface area contributed by atoms with Gasteiger partial charge in [0.15, 0.2) is 0 Å². The van der Waals surface area contributed by atoms with Crippen molar-refractivity contribution < 1.29 is 9.53 Å². The Bertz CT molecular complexity index is 650. The Kier molecular flexibility index (Phi) is 5.92. The Morgan fingerprint density at radius 1 is 1.32 bits per heavy atom. The summed E-state index contributed by atoms with van der Waals surface area (Å²) in [6.07, 6.45) is 8.65. The summed E-state index contributed by atoms with van der Waals surface area (Å²) >= 11 is 0. The van der Waals surface area contributed by atoms with Crippen LogP contribution >= 0.6 is 0 Å². The molecule has 2 rings (SSSR count). The number of benzene rings is 1. The molecule has 2 unspecified atom stereocenters. The highest BCUT2D eigenvalue weighted by molar-refractivity contribution is 5.89. The average molecular weight is 341 g/mol. The molecule has 2 atom stereocenters. The number of carbonyl (C=O) groups excluding carboxylic acids is 1. The Morgan fingerprint density at radius 3 is 2.48 bits per heavy atom. The number of allylic oxidation sites excluding steroid dienone is 3. The lowest BCUT2D eigenvalue weighted by Crippen LogP contribution is -2.32. The van der Waals surface area contributed by atoms with E-state index in [-0.39, 0.29) is 22.9 Å². The third kappa shape index (κ3) is 4.42. The van der Waals surface area contributed by atoms with E-state index in [2.05, 4.69) is 59.8 Å². The first-order valence-electron chi connectivity index (χ1n) is 9.31. The first kappa shape index (κ1) is 19.5. The quantitative estimate of drug-likeness (QED) is 0.455. The summed E-state index contributed by atoms with van der Waals surface area (Å²) in [6.45, 7) is 13.2. The van der Waals surface area contributed by atoms with Gasteiger partial charge in [-0.2, -0.15) is 0 Å². The fourth-order valence-electron chi connectivity index (χ4n) is 3.48. The highest BCUT2D eigenvalue weighted by Gasteiger charge is 2.35. The molecule has 0 heterocycles. The summed E-state index contributed by atoms with van der Waals surface area (Å²) in [4.78, 5) is 12.4. The van der Waals surface area contributed by atoms with Crippen LogP contribution in [-0.2, 0) is 4.74 Å². The summed E-state index contributed by atoms with van der Waals surface area (Å²) < 4.78 is 5.84. The van der Waals surface area contributed by atoms with Crippen molar-refractivity contribution in [2.24, 2.45) is 16.7 Å². The molecule has 0 saturated carbocycles. The predicted octanol–water partition coefficient (Wildman–Crippen LogP) is 6.20. The normalized spacial score (nSPS) is 21.2. The second-order valence-corrected chi connectivity index (χ2v) is 8.30. The summed E-state index contributed by atoms with van der Waals surface area (Å²) in [5.74, 6) is 0.265. The van der Waals surface area contributed by atoms with Gasteiger partial charge < -0.3 is 4.74 Å². The van der Waals surface area contributed by atoms with Gasteiger partial charge in [0.2, 0.25) is 0 Å². The highest BCUT2D eigenvalue weighted by Crippen LogP contribution is 2.44. The lowest BCUT2D eigenvalue weighted by molar-refractivity contribution is 0.00309. The molecule has 0 bridgehead atoms. The van der Waals surface area contributed by atoms with E-state index in [9.17, 15) is 4.79 Å². The molecule has 1 aromatic rings. The van der Waals surface area contributed by atoms with E-state index in [1.807, 2.05) is 18.2 Å². The van der Waals surface area contributed by atoms with Crippen LogP contribution in [0.25, 0.3) is 0 Å². The van der Waals surface area contributed by atoms with Crippen LogP contribution in [-0.4, -0.2) is 12.1 Å². The van der Waals surface area contributed by atoms with Crippen LogP contribution in [0.1, 0.15) is 64.7 Å². The zero-order valence-corrected chi connectivity index (χ0v) is 16.5. The van der Waals surface area contributed by atoms with Gasteiger partial charge >= 0.3 is 5.97 Å². The van der Waals surface area contributed by atoms with Gasteiger partial charge in [-0.25, -0.2) is 4.79 Å². The van der Waals surface area contributed by atoms with E-state index in [4.69, 9.17) is 4.74 Å². The molecule has 0 spiro atoms. The van der Waals surface area contributed by atoms with E-state index >= 15 is 0 Å². The third-order valence-corrected chi connectivity index (χ3v) is 5.84. The van der Waals surface area contributed by atoms with Crippen LogP contribution in [0.2, 0.25) is 0 Å². The average Bonchev–Trinajstić information content (AvgIpc) is 2.84. The van der Waals surface area contributed by atoms with Gasteiger partial charge in [-0.15, -0.1) is 0 Å². The predicted molar refractivity (Wildman–Crippen MR) is 105 cm³/mol. The number of ether oxygens (including phenoxy) is 1. The zero-order chi connectivity index (χ0) is 18.7. The molecular weight excluding hydrogens is 308 g/mol. The first-order valence-corrected chi connectivity index (χ1v) is 9.31. The van der Waals surface area contributed by atoms with Crippen LogP contribution < -0.4 is 0 Å². The molecule has 25 heavy (non-hydrogen) atoms. The monoisotopic (exact) mass is 340 g/mol. The van der Waals surface area contributed by atoms with Gasteiger partial charge in [0.25, 0.3) is 0 Å². The van der Waals surface area contributed by atoms with E-state index in [1.165, 1.54) is 5.57 Å². The minimum absolute atomic E-state index is 0.143. The molecule has 1 aliphatic rings. The molecule has 1 aliphatic carbocycles. The van der Waals surface area contributed by atoms with Crippen LogP contribution in [0.4, 0.5) is 0 Å². The van der Waals surface area contributed by atoms with E-state index < -0.39 is 0 Å². The number of hydrogen-bond donors (Lipinski definition) is 0. The van der Waals surface area contributed by atoms with Crippen molar-refractivity contribution >= 4 is 5.97 Å². The van der Waals surface area contributed by atoms with Crippen molar-refractivity contribution in [2.45, 2.75) is 60.5 Å². The molecule has 0 radical (unpaired) electrons. The Balaban J connectivity index is 2.08. The fraction of sp³-hybridized carbons (Fsp3) is 0.522. The minimum Gasteiger partial charge on any atom is -0.458 e. The molecule has 0 aromatic heterocycles. The summed E-state index contributed by atoms with van der Waals surface area (Å²) in [5, 5.41) is 0. The van der Waals surface area contributed by atoms with Crippen molar-refractivity contribution in [1.29, 1.82) is 0 Å². The lowest BCUT2D eigenvalue weighted by atomic mass is 9.75. The molecule has 0 amide bonds. The third-order valence-electron chi connectivity index (χ3n) is 5.84. The molecule has 2 heteroatoms. The second kappa shape index (κ2) is 7.59. The number of carbonyl (C=O) groups is 1. The SMILES string of the molecule is CCC(OC(=O)c1ccccc1)C(C)(C)C=CC1CC=C(C)C1(C)C. The van der Waals surface area contributed by atoms with Crippen LogP contribution in [0.5, 0.6) is 0 Å². The molecule has 2 nitrogen and oxygen atoms in total. The molecule has 0 aliphatic heterocycles. The van der Waals surface area contributed by atoms with Crippen molar-refractivity contribution in [2.75, 3.05) is 0 Å². The largest absolute Gasteiger partial charge is 0.458 e. The van der Waals surface area contributed by atoms with Crippen LogP contribution in [0.15, 0.2) is 54.1 Å². The summed E-state index contributed by atoms with van der Waals surface area (Å²) in [6, 6.07) is 9.22. The maximum absolute atomic E-state index is 12.4. The van der Waals surface area contributed by atoms with E-state index in [0.717, 1.165) is 12.8 Å². The van der Waals surface area contributed by atoms with Gasteiger partial charge in [-0.1, -0.05) is 76.6 Å². The minimum atomic E-state index is -0.243. The molecule has 0 fully saturated rings. The van der Waals surface area contributed by atoms with Gasteiger partial charge in [0, 0.05) is 5.41 Å². The topological polar surface area (TPSA) is 26.3 Å². The van der Waals surface area contributed by atoms with Gasteiger partial charge in [0.05, 0.1) is 5.56 Å². The first-order chi connectivity index (χ1) is 11.7. The Labute approximate surface area is 153 Å². The van der Waals surface area contributed by atoms with Gasteiger partial charge in [-0.05, 0) is 43.2 Å². The number of rotatable bonds is 6. The number of esters is 1. The van der Waals surface area contributed by atoms with E-state index in [0.29, 0.717) is 11.5 Å². The maximum atomic E-state index is 12.4. The van der Waals surface area contributed by atoms with Crippen molar-refractivity contribution in [3.8, 4) is 0 Å². The molecule has 0 saturated heterocycles. The van der Waals surface area contributed by atoms with Crippen molar-refractivity contribution in [3.05, 3.63) is 59.7 Å². The Morgan fingerprint density at radius 2 is 1.96 bits per heavy atom. The number of hydrogen-bond acceptors (Lipinski definition) is 2. The Hall–Kier alpha value is -1.83. The lowest BCUT2D eigenvalue weighted by Gasteiger charge is -2.32. The van der Waals surface area contributed by atoms with Crippen molar-refractivity contribution in [3.63, 3.8) is 0 Å². The van der Waals surface area contributed by atoms with Crippen LogP contribution in [0, 0.1) is 16.7 Å². The molecule has 1 aromatic carbocycles. The molecule has 136 valence electrons. The summed E-state index contributed by atoms with van der Waals surface area (Å²) in [7, 11) is 0.